The Kier molecular flexibility index (Phi) is 7.15. The molecule has 2 N–H and O–H groups in total. The summed E-state index contributed by atoms with van der Waals surface area (Å²) < 4.78 is 5.60. The lowest BCUT2D eigenvalue weighted by atomic mass is 9.98. The second kappa shape index (κ2) is 10.4. The van der Waals surface area contributed by atoms with Crippen LogP contribution in [0.1, 0.15) is 47.2 Å². The number of hydrogen-bond donors (Lipinski definition) is 2. The lowest BCUT2D eigenvalue weighted by Gasteiger charge is -2.22. The molecule has 4 rings (SSSR count). The molecule has 0 bridgehead atoms. The lowest BCUT2D eigenvalue weighted by molar-refractivity contribution is -0.118. The molecule has 3 aromatic rings. The molecule has 2 amide bonds. The molecule has 0 fully saturated rings. The fraction of sp³-hybridized carbons (Fsp3) is 0.250. The molecule has 0 aliphatic heterocycles. The average Bonchev–Trinajstić information content (AvgIpc) is 3.20. The summed E-state index contributed by atoms with van der Waals surface area (Å²) in [5.41, 5.74) is 5.16. The quantitative estimate of drug-likeness (QED) is 0.478. The number of hydrogen-bond acceptors (Lipinski definition) is 4. The Labute approximate surface area is 204 Å². The van der Waals surface area contributed by atoms with Crippen LogP contribution < -0.4 is 10.2 Å². The maximum atomic E-state index is 12.8. The molecule has 0 saturated carbocycles. The largest absolute Gasteiger partial charge is 0.478 e. The normalized spacial score (nSPS) is 12.9. The summed E-state index contributed by atoms with van der Waals surface area (Å²) in [4.78, 5) is 38.0. The van der Waals surface area contributed by atoms with Gasteiger partial charge in [0, 0.05) is 31.1 Å². The van der Waals surface area contributed by atoms with E-state index in [9.17, 15) is 19.5 Å². The number of ether oxygens (including phenoxy) is 1. The van der Waals surface area contributed by atoms with Gasteiger partial charge in [-0.3, -0.25) is 4.79 Å². The monoisotopic (exact) mass is 472 g/mol. The van der Waals surface area contributed by atoms with Crippen molar-refractivity contribution in [3.63, 3.8) is 0 Å². The third kappa shape index (κ3) is 5.19. The van der Waals surface area contributed by atoms with E-state index in [-0.39, 0.29) is 30.4 Å². The number of carbonyl (C=O) groups is 3. The zero-order valence-corrected chi connectivity index (χ0v) is 19.7. The van der Waals surface area contributed by atoms with Crippen molar-refractivity contribution in [2.45, 2.75) is 31.7 Å². The molecule has 0 unspecified atom stereocenters. The lowest BCUT2D eigenvalue weighted by Crippen LogP contribution is -2.40. The first kappa shape index (κ1) is 24.0. The van der Waals surface area contributed by atoms with Crippen molar-refractivity contribution in [1.82, 2.24) is 5.32 Å². The highest BCUT2D eigenvalue weighted by atomic mass is 16.5. The van der Waals surface area contributed by atoms with Crippen LogP contribution in [0.2, 0.25) is 0 Å². The number of nitrogens with one attached hydrogen (secondary N) is 1. The van der Waals surface area contributed by atoms with E-state index in [0.717, 1.165) is 22.3 Å². The Morgan fingerprint density at radius 3 is 2.20 bits per heavy atom. The van der Waals surface area contributed by atoms with E-state index in [1.807, 2.05) is 31.2 Å². The number of carboxylic acid groups (broad SMARTS) is 1. The second-order valence-electron chi connectivity index (χ2n) is 8.59. The molecule has 180 valence electrons. The van der Waals surface area contributed by atoms with Crippen molar-refractivity contribution in [2.24, 2.45) is 0 Å². The number of aromatic carboxylic acids is 1. The van der Waals surface area contributed by atoms with Crippen molar-refractivity contribution >= 4 is 23.7 Å². The van der Waals surface area contributed by atoms with Gasteiger partial charge in [0.2, 0.25) is 5.91 Å². The first-order valence-corrected chi connectivity index (χ1v) is 11.6. The average molecular weight is 473 g/mol. The minimum atomic E-state index is -1.06. The number of benzene rings is 3. The standard InChI is InChI=1S/C28H28N2O5/c1-3-19(16-26(31)30(2)20-10-8-9-18(15-20)27(32)33)29-28(34)35-17-25-23-13-6-4-11-21(23)22-12-5-7-14-24(22)25/h4-15,19,25H,3,16-17H2,1-2H3,(H,29,34)(H,32,33)/t19-/m1/s1. The highest BCUT2D eigenvalue weighted by molar-refractivity contribution is 5.95. The number of alkyl carbamates (subject to hydrolysis) is 1. The van der Waals surface area contributed by atoms with Crippen LogP contribution in [0, 0.1) is 0 Å². The fourth-order valence-corrected chi connectivity index (χ4v) is 4.44. The number of amides is 2. The molecule has 1 aliphatic carbocycles. The molecule has 7 nitrogen and oxygen atoms in total. The van der Waals surface area contributed by atoms with Gasteiger partial charge in [-0.1, -0.05) is 61.5 Å². The van der Waals surface area contributed by atoms with E-state index in [1.54, 1.807) is 19.2 Å². The summed E-state index contributed by atoms with van der Waals surface area (Å²) in [6, 6.07) is 22.0. The van der Waals surface area contributed by atoms with Crippen molar-refractivity contribution < 1.29 is 24.2 Å². The SMILES string of the molecule is CC[C@H](CC(=O)N(C)c1cccc(C(=O)O)c1)NC(=O)OCC1c2ccccc2-c2ccccc21. The minimum Gasteiger partial charge on any atom is -0.478 e. The van der Waals surface area contributed by atoms with Gasteiger partial charge in [0.15, 0.2) is 0 Å². The number of nitrogens with zero attached hydrogens (tertiary/aromatic N) is 1. The molecular formula is C28H28N2O5. The van der Waals surface area contributed by atoms with Gasteiger partial charge < -0.3 is 20.1 Å². The van der Waals surface area contributed by atoms with Gasteiger partial charge in [0.25, 0.3) is 0 Å². The van der Waals surface area contributed by atoms with Gasteiger partial charge in [-0.2, -0.15) is 0 Å². The van der Waals surface area contributed by atoms with Crippen LogP contribution in [-0.4, -0.2) is 42.8 Å². The molecule has 0 aromatic heterocycles. The predicted octanol–water partition coefficient (Wildman–Crippen LogP) is 5.06. The van der Waals surface area contributed by atoms with Gasteiger partial charge in [0.1, 0.15) is 6.61 Å². The molecule has 0 heterocycles. The van der Waals surface area contributed by atoms with Crippen molar-refractivity contribution in [3.05, 3.63) is 89.5 Å². The van der Waals surface area contributed by atoms with Crippen LogP contribution >= 0.6 is 0 Å². The molecule has 3 aromatic carbocycles. The summed E-state index contributed by atoms with van der Waals surface area (Å²) in [5, 5.41) is 12.0. The predicted molar refractivity (Wildman–Crippen MR) is 134 cm³/mol. The van der Waals surface area contributed by atoms with Crippen molar-refractivity contribution in [3.8, 4) is 11.1 Å². The summed E-state index contributed by atoms with van der Waals surface area (Å²) in [6.07, 6.45) is 0.0370. The van der Waals surface area contributed by atoms with Crippen LogP contribution in [0.25, 0.3) is 11.1 Å². The number of carbonyl (C=O) groups excluding carboxylic acids is 2. The Morgan fingerprint density at radius 1 is 0.971 bits per heavy atom. The topological polar surface area (TPSA) is 95.9 Å². The van der Waals surface area contributed by atoms with E-state index in [4.69, 9.17) is 4.74 Å². The summed E-state index contributed by atoms with van der Waals surface area (Å²) in [5.74, 6) is -1.34. The van der Waals surface area contributed by atoms with Crippen LogP contribution in [-0.2, 0) is 9.53 Å². The molecule has 0 radical (unpaired) electrons. The minimum absolute atomic E-state index is 0.0393. The molecule has 0 saturated heterocycles. The molecule has 1 atom stereocenters. The number of carboxylic acids is 1. The number of rotatable bonds is 8. The van der Waals surface area contributed by atoms with Crippen molar-refractivity contribution in [2.75, 3.05) is 18.6 Å². The molecular weight excluding hydrogens is 444 g/mol. The summed E-state index contributed by atoms with van der Waals surface area (Å²) in [7, 11) is 1.59. The third-order valence-electron chi connectivity index (χ3n) is 6.43. The molecule has 7 heteroatoms. The third-order valence-corrected chi connectivity index (χ3v) is 6.43. The van der Waals surface area contributed by atoms with E-state index in [1.165, 1.54) is 17.0 Å². The van der Waals surface area contributed by atoms with Gasteiger partial charge in [0.05, 0.1) is 5.56 Å². The Hall–Kier alpha value is -4.13. The maximum Gasteiger partial charge on any atom is 0.407 e. The zero-order chi connectivity index (χ0) is 24.9. The molecule has 0 spiro atoms. The first-order valence-electron chi connectivity index (χ1n) is 11.6. The maximum absolute atomic E-state index is 12.8. The zero-order valence-electron chi connectivity index (χ0n) is 19.7. The van der Waals surface area contributed by atoms with E-state index in [0.29, 0.717) is 12.1 Å². The Morgan fingerprint density at radius 2 is 1.60 bits per heavy atom. The van der Waals surface area contributed by atoms with Crippen LogP contribution in [0.5, 0.6) is 0 Å². The van der Waals surface area contributed by atoms with Gasteiger partial charge in [-0.25, -0.2) is 9.59 Å². The fourth-order valence-electron chi connectivity index (χ4n) is 4.44. The van der Waals surface area contributed by atoms with E-state index < -0.39 is 18.1 Å². The molecule has 1 aliphatic rings. The van der Waals surface area contributed by atoms with Crippen LogP contribution in [0.3, 0.4) is 0 Å². The Balaban J connectivity index is 1.36. The smallest absolute Gasteiger partial charge is 0.407 e. The molecule has 35 heavy (non-hydrogen) atoms. The highest BCUT2D eigenvalue weighted by Gasteiger charge is 2.29. The Bertz CT molecular complexity index is 1210. The number of anilines is 1. The summed E-state index contributed by atoms with van der Waals surface area (Å²) >= 11 is 0. The second-order valence-corrected chi connectivity index (χ2v) is 8.59. The van der Waals surface area contributed by atoms with Crippen LogP contribution in [0.4, 0.5) is 10.5 Å². The van der Waals surface area contributed by atoms with Gasteiger partial charge in [-0.05, 0) is 46.9 Å². The van der Waals surface area contributed by atoms with E-state index in [2.05, 4.69) is 29.6 Å². The van der Waals surface area contributed by atoms with Crippen LogP contribution in [0.15, 0.2) is 72.8 Å². The van der Waals surface area contributed by atoms with E-state index >= 15 is 0 Å². The highest BCUT2D eigenvalue weighted by Crippen LogP contribution is 2.44. The van der Waals surface area contributed by atoms with Gasteiger partial charge >= 0.3 is 12.1 Å². The summed E-state index contributed by atoms with van der Waals surface area (Å²) in [6.45, 7) is 2.08. The van der Waals surface area contributed by atoms with Crippen molar-refractivity contribution in [1.29, 1.82) is 0 Å². The number of fused-ring (bicyclic) bond motifs is 3. The first-order chi connectivity index (χ1) is 16.9. The van der Waals surface area contributed by atoms with Gasteiger partial charge in [-0.15, -0.1) is 0 Å².